The fourth-order valence-electron chi connectivity index (χ4n) is 2.55. The number of nitrogens with zero attached hydrogens (tertiary/aromatic N) is 1. The second-order valence-electron chi connectivity index (χ2n) is 5.15. The molecule has 1 aliphatic heterocycles. The second kappa shape index (κ2) is 7.73. The van der Waals surface area contributed by atoms with Crippen molar-refractivity contribution in [1.82, 2.24) is 10.6 Å². The van der Waals surface area contributed by atoms with Gasteiger partial charge in [-0.05, 0) is 19.4 Å². The zero-order valence-corrected chi connectivity index (χ0v) is 13.3. The summed E-state index contributed by atoms with van der Waals surface area (Å²) in [4.78, 5) is 37.8. The molecule has 7 heteroatoms. The molecule has 0 bridgehead atoms. The summed E-state index contributed by atoms with van der Waals surface area (Å²) in [6, 6.07) is 6.43. The third kappa shape index (κ3) is 3.68. The highest BCUT2D eigenvalue weighted by molar-refractivity contribution is 6.35. The number of nitrogens with one attached hydrogen (secondary N) is 2. The van der Waals surface area contributed by atoms with Crippen molar-refractivity contribution in [1.29, 1.82) is 0 Å². The molecule has 0 unspecified atom stereocenters. The van der Waals surface area contributed by atoms with Crippen LogP contribution in [0, 0.1) is 0 Å². The van der Waals surface area contributed by atoms with E-state index in [4.69, 9.17) is 4.74 Å². The minimum atomic E-state index is -0.816. The van der Waals surface area contributed by atoms with Gasteiger partial charge in [-0.2, -0.15) is 0 Å². The van der Waals surface area contributed by atoms with Gasteiger partial charge in [0.05, 0.1) is 0 Å². The first-order valence-corrected chi connectivity index (χ1v) is 7.58. The number of hydrogen-bond acceptors (Lipinski definition) is 4. The Hall–Kier alpha value is -2.41. The molecule has 1 aliphatic rings. The van der Waals surface area contributed by atoms with E-state index in [1.807, 2.05) is 19.1 Å². The average Bonchev–Trinajstić information content (AvgIpc) is 2.83. The molecule has 0 aliphatic carbocycles. The van der Waals surface area contributed by atoms with Crippen LogP contribution >= 0.6 is 0 Å². The lowest BCUT2D eigenvalue weighted by Gasteiger charge is -2.15. The molecule has 0 radical (unpaired) electrons. The molecule has 2 rings (SSSR count). The van der Waals surface area contributed by atoms with Crippen molar-refractivity contribution < 1.29 is 19.1 Å². The van der Waals surface area contributed by atoms with E-state index >= 15 is 0 Å². The predicted molar refractivity (Wildman–Crippen MR) is 84.9 cm³/mol. The maximum atomic E-state index is 12.4. The Morgan fingerprint density at radius 1 is 1.26 bits per heavy atom. The van der Waals surface area contributed by atoms with E-state index < -0.39 is 17.9 Å². The third-order valence-corrected chi connectivity index (χ3v) is 3.66. The van der Waals surface area contributed by atoms with Crippen LogP contribution in [0.5, 0.6) is 0 Å². The Labute approximate surface area is 135 Å². The number of carbonyl (C=O) groups is 3. The van der Waals surface area contributed by atoms with Crippen LogP contribution in [0.1, 0.15) is 24.9 Å². The molecular weight excluding hydrogens is 298 g/mol. The molecule has 7 nitrogen and oxygen atoms in total. The lowest BCUT2D eigenvalue weighted by molar-refractivity contribution is -0.140. The number of ether oxygens (including phenoxy) is 1. The van der Waals surface area contributed by atoms with Crippen LogP contribution < -0.4 is 15.5 Å². The smallest absolute Gasteiger partial charge is 0.310 e. The van der Waals surface area contributed by atoms with Gasteiger partial charge >= 0.3 is 11.8 Å². The fraction of sp³-hybridized carbons (Fsp3) is 0.438. The fourth-order valence-corrected chi connectivity index (χ4v) is 2.55. The third-order valence-electron chi connectivity index (χ3n) is 3.66. The molecule has 0 spiro atoms. The minimum Gasteiger partial charge on any atom is -0.385 e. The van der Waals surface area contributed by atoms with Crippen LogP contribution in [0.25, 0.3) is 0 Å². The summed E-state index contributed by atoms with van der Waals surface area (Å²) in [5, 5.41) is 5.02. The summed E-state index contributed by atoms with van der Waals surface area (Å²) in [6.45, 7) is 3.21. The van der Waals surface area contributed by atoms with Crippen molar-refractivity contribution in [2.24, 2.45) is 0 Å². The van der Waals surface area contributed by atoms with Crippen molar-refractivity contribution >= 4 is 23.4 Å². The van der Waals surface area contributed by atoms with Crippen LogP contribution in [-0.2, 0) is 19.1 Å². The first kappa shape index (κ1) is 17.0. The molecule has 1 atom stereocenters. The maximum absolute atomic E-state index is 12.4. The molecule has 0 saturated heterocycles. The molecule has 0 fully saturated rings. The summed E-state index contributed by atoms with van der Waals surface area (Å²) in [6.07, 6.45) is 0.615. The van der Waals surface area contributed by atoms with Crippen LogP contribution in [0.3, 0.4) is 0 Å². The minimum absolute atomic E-state index is 0.228. The van der Waals surface area contributed by atoms with Crippen LogP contribution in [-0.4, -0.2) is 44.5 Å². The van der Waals surface area contributed by atoms with Gasteiger partial charge in [0, 0.05) is 38.1 Å². The standard InChI is InChI=1S/C16H21N3O4/c1-3-19-12-8-5-4-7-11(12)13(16(19)22)18-15(21)14(20)17-9-6-10-23-2/h4-5,7-8,13H,3,6,9-10H2,1-2H3,(H,17,20)(H,18,21)/t13-/m0/s1. The number of anilines is 1. The summed E-state index contributed by atoms with van der Waals surface area (Å²) < 4.78 is 4.87. The van der Waals surface area contributed by atoms with Gasteiger partial charge in [-0.1, -0.05) is 18.2 Å². The van der Waals surface area contributed by atoms with Gasteiger partial charge in [-0.3, -0.25) is 14.4 Å². The largest absolute Gasteiger partial charge is 0.385 e. The lowest BCUT2D eigenvalue weighted by atomic mass is 10.1. The Kier molecular flexibility index (Phi) is 5.70. The Bertz CT molecular complexity index is 603. The number of rotatable bonds is 6. The topological polar surface area (TPSA) is 87.7 Å². The van der Waals surface area contributed by atoms with Crippen LogP contribution in [0.2, 0.25) is 0 Å². The Balaban J connectivity index is 2.01. The highest BCUT2D eigenvalue weighted by Gasteiger charge is 2.37. The van der Waals surface area contributed by atoms with E-state index in [1.165, 1.54) is 0 Å². The van der Waals surface area contributed by atoms with Crippen molar-refractivity contribution in [3.05, 3.63) is 29.8 Å². The molecule has 124 valence electrons. The summed E-state index contributed by atoms with van der Waals surface area (Å²) >= 11 is 0. The molecule has 1 aromatic rings. The van der Waals surface area contributed by atoms with E-state index in [0.29, 0.717) is 31.7 Å². The number of benzene rings is 1. The normalized spacial score (nSPS) is 16.2. The van der Waals surface area contributed by atoms with Crippen molar-refractivity contribution in [2.75, 3.05) is 31.7 Å². The van der Waals surface area contributed by atoms with Gasteiger partial charge in [0.2, 0.25) is 0 Å². The zero-order chi connectivity index (χ0) is 16.8. The maximum Gasteiger partial charge on any atom is 0.310 e. The van der Waals surface area contributed by atoms with Crippen molar-refractivity contribution in [3.8, 4) is 0 Å². The molecular formula is C16H21N3O4. The van der Waals surface area contributed by atoms with E-state index in [-0.39, 0.29) is 5.91 Å². The van der Waals surface area contributed by atoms with Gasteiger partial charge < -0.3 is 20.3 Å². The molecule has 0 aromatic heterocycles. The van der Waals surface area contributed by atoms with Crippen molar-refractivity contribution in [2.45, 2.75) is 19.4 Å². The summed E-state index contributed by atoms with van der Waals surface area (Å²) in [7, 11) is 1.57. The number of likely N-dealkylation sites (N-methyl/N-ethyl adjacent to an activating group) is 1. The molecule has 23 heavy (non-hydrogen) atoms. The van der Waals surface area contributed by atoms with Gasteiger partial charge in [0.15, 0.2) is 0 Å². The first-order valence-electron chi connectivity index (χ1n) is 7.58. The average molecular weight is 319 g/mol. The monoisotopic (exact) mass is 319 g/mol. The number of carbonyl (C=O) groups excluding carboxylic acids is 3. The SMILES string of the molecule is CCN1C(=O)[C@@H](NC(=O)C(=O)NCCCOC)c2ccccc21. The van der Waals surface area contributed by atoms with Crippen LogP contribution in [0.4, 0.5) is 5.69 Å². The van der Waals surface area contributed by atoms with Crippen molar-refractivity contribution in [3.63, 3.8) is 0 Å². The van der Waals surface area contributed by atoms with Gasteiger partial charge in [-0.25, -0.2) is 0 Å². The first-order chi connectivity index (χ1) is 11.1. The highest BCUT2D eigenvalue weighted by Crippen LogP contribution is 2.35. The molecule has 3 amide bonds. The van der Waals surface area contributed by atoms with Gasteiger partial charge in [0.25, 0.3) is 5.91 Å². The number of fused-ring (bicyclic) bond motifs is 1. The number of hydrogen-bond donors (Lipinski definition) is 2. The summed E-state index contributed by atoms with van der Waals surface area (Å²) in [5.41, 5.74) is 1.48. The lowest BCUT2D eigenvalue weighted by Crippen LogP contribution is -2.44. The Morgan fingerprint density at radius 3 is 2.70 bits per heavy atom. The molecule has 0 saturated carbocycles. The van der Waals surface area contributed by atoms with Gasteiger partial charge in [0.1, 0.15) is 6.04 Å². The van der Waals surface area contributed by atoms with E-state index in [0.717, 1.165) is 5.69 Å². The van der Waals surface area contributed by atoms with Crippen LogP contribution in [0.15, 0.2) is 24.3 Å². The molecule has 1 aromatic carbocycles. The number of para-hydroxylation sites is 1. The molecule has 1 heterocycles. The van der Waals surface area contributed by atoms with E-state index in [9.17, 15) is 14.4 Å². The van der Waals surface area contributed by atoms with Gasteiger partial charge in [-0.15, -0.1) is 0 Å². The highest BCUT2D eigenvalue weighted by atomic mass is 16.5. The second-order valence-corrected chi connectivity index (χ2v) is 5.15. The van der Waals surface area contributed by atoms with E-state index in [2.05, 4.69) is 10.6 Å². The van der Waals surface area contributed by atoms with E-state index in [1.54, 1.807) is 24.1 Å². The molecule has 2 N–H and O–H groups in total. The number of amides is 3. The number of methoxy groups -OCH3 is 1. The summed E-state index contributed by atoms with van der Waals surface area (Å²) in [5.74, 6) is -1.79. The predicted octanol–water partition coefficient (Wildman–Crippen LogP) is 0.363. The quantitative estimate of drug-likeness (QED) is 0.585. The Morgan fingerprint density at radius 2 is 2.00 bits per heavy atom. The zero-order valence-electron chi connectivity index (χ0n) is 13.3.